The predicted molar refractivity (Wildman–Crippen MR) is 127 cm³/mol. The van der Waals surface area contributed by atoms with Crippen LogP contribution in [0.15, 0.2) is 59.6 Å². The number of primary amides is 1. The Hall–Kier alpha value is -2.29. The summed E-state index contributed by atoms with van der Waals surface area (Å²) in [5, 5.41) is 3.47. The van der Waals surface area contributed by atoms with Gasteiger partial charge in [0.25, 0.3) is 5.91 Å². The van der Waals surface area contributed by atoms with E-state index in [1.165, 1.54) is 11.1 Å². The number of ether oxygens (including phenoxy) is 1. The van der Waals surface area contributed by atoms with Crippen molar-refractivity contribution in [3.8, 4) is 5.75 Å². The Bertz CT molecular complexity index is 796. The number of nitrogens with zero attached hydrogens (tertiary/aromatic N) is 2. The van der Waals surface area contributed by atoms with Gasteiger partial charge in [-0.3, -0.25) is 9.79 Å². The zero-order valence-corrected chi connectivity index (χ0v) is 19.0. The monoisotopic (exact) mass is 508 g/mol. The molecule has 1 heterocycles. The van der Waals surface area contributed by atoms with Gasteiger partial charge in [0.2, 0.25) is 0 Å². The van der Waals surface area contributed by atoms with Gasteiger partial charge in [-0.2, -0.15) is 0 Å². The third-order valence-electron chi connectivity index (χ3n) is 4.97. The van der Waals surface area contributed by atoms with Crippen molar-refractivity contribution in [1.29, 1.82) is 0 Å². The molecule has 1 fully saturated rings. The normalized spacial score (nSPS) is 16.2. The van der Waals surface area contributed by atoms with E-state index >= 15 is 0 Å². The molecule has 0 bridgehead atoms. The van der Waals surface area contributed by atoms with Crippen molar-refractivity contribution in [3.05, 3.63) is 65.7 Å². The van der Waals surface area contributed by atoms with Gasteiger partial charge < -0.3 is 20.7 Å². The van der Waals surface area contributed by atoms with E-state index in [1.807, 2.05) is 31.3 Å². The second-order valence-corrected chi connectivity index (χ2v) is 6.97. The quantitative estimate of drug-likeness (QED) is 0.343. The van der Waals surface area contributed by atoms with Crippen LogP contribution in [-0.4, -0.2) is 50.1 Å². The first-order chi connectivity index (χ1) is 13.7. The van der Waals surface area contributed by atoms with Crippen molar-refractivity contribution in [1.82, 2.24) is 10.2 Å². The van der Waals surface area contributed by atoms with E-state index in [0.29, 0.717) is 11.7 Å². The number of guanidine groups is 1. The molecular weight excluding hydrogens is 479 g/mol. The number of rotatable bonds is 7. The van der Waals surface area contributed by atoms with E-state index in [1.54, 1.807) is 0 Å². The minimum absolute atomic E-state index is 0. The summed E-state index contributed by atoms with van der Waals surface area (Å²) in [5.41, 5.74) is 7.68. The molecule has 7 heteroatoms. The summed E-state index contributed by atoms with van der Waals surface area (Å²) in [4.78, 5) is 17.5. The molecule has 0 radical (unpaired) electrons. The number of nitrogens with two attached hydrogens (primary N) is 1. The third kappa shape index (κ3) is 6.92. The van der Waals surface area contributed by atoms with E-state index in [2.05, 4.69) is 45.5 Å². The summed E-state index contributed by atoms with van der Waals surface area (Å²) in [5.74, 6) is 1.69. The Kier molecular flexibility index (Phi) is 9.24. The largest absolute Gasteiger partial charge is 0.484 e. The van der Waals surface area contributed by atoms with Crippen molar-refractivity contribution >= 4 is 35.8 Å². The van der Waals surface area contributed by atoms with E-state index in [9.17, 15) is 4.79 Å². The minimum Gasteiger partial charge on any atom is -0.484 e. The van der Waals surface area contributed by atoms with Crippen molar-refractivity contribution in [2.24, 2.45) is 10.7 Å². The van der Waals surface area contributed by atoms with Gasteiger partial charge in [0.05, 0.1) is 0 Å². The van der Waals surface area contributed by atoms with Crippen LogP contribution in [0.5, 0.6) is 5.75 Å². The fraction of sp³-hybridized carbons (Fsp3) is 0.364. The molecular formula is C22H29IN4O2. The van der Waals surface area contributed by atoms with Crippen molar-refractivity contribution in [2.45, 2.75) is 18.8 Å². The van der Waals surface area contributed by atoms with Crippen LogP contribution in [0.1, 0.15) is 23.5 Å². The van der Waals surface area contributed by atoms with Crippen molar-refractivity contribution in [2.75, 3.05) is 33.3 Å². The molecule has 3 N–H and O–H groups in total. The van der Waals surface area contributed by atoms with E-state index in [4.69, 9.17) is 10.5 Å². The van der Waals surface area contributed by atoms with Gasteiger partial charge >= 0.3 is 0 Å². The second kappa shape index (κ2) is 11.6. The van der Waals surface area contributed by atoms with Gasteiger partial charge in [0.1, 0.15) is 5.75 Å². The van der Waals surface area contributed by atoms with Crippen LogP contribution >= 0.6 is 24.0 Å². The van der Waals surface area contributed by atoms with Crippen LogP contribution in [0.2, 0.25) is 0 Å². The van der Waals surface area contributed by atoms with Crippen LogP contribution in [0.25, 0.3) is 0 Å². The van der Waals surface area contributed by atoms with Crippen LogP contribution in [0.3, 0.4) is 0 Å². The van der Waals surface area contributed by atoms with E-state index in [-0.39, 0.29) is 30.6 Å². The molecule has 156 valence electrons. The number of halogens is 1. The van der Waals surface area contributed by atoms with Crippen molar-refractivity contribution < 1.29 is 9.53 Å². The Morgan fingerprint density at radius 2 is 1.93 bits per heavy atom. The SMILES string of the molecule is CN=C(NCCc1ccc(OCC(N)=O)cc1)N1CCC(c2ccccc2)C1.I. The summed E-state index contributed by atoms with van der Waals surface area (Å²) in [6.45, 7) is 2.72. The predicted octanol–water partition coefficient (Wildman–Crippen LogP) is 2.78. The Morgan fingerprint density at radius 1 is 1.21 bits per heavy atom. The number of aliphatic imine (C=N–C) groups is 1. The average Bonchev–Trinajstić information content (AvgIpc) is 3.21. The second-order valence-electron chi connectivity index (χ2n) is 6.97. The van der Waals surface area contributed by atoms with Gasteiger partial charge in [0, 0.05) is 32.6 Å². The maximum Gasteiger partial charge on any atom is 0.255 e. The molecule has 6 nitrogen and oxygen atoms in total. The lowest BCUT2D eigenvalue weighted by molar-refractivity contribution is -0.119. The molecule has 1 amide bonds. The van der Waals surface area contributed by atoms with Crippen LogP contribution in [-0.2, 0) is 11.2 Å². The number of nitrogens with one attached hydrogen (secondary N) is 1. The minimum atomic E-state index is -0.476. The molecule has 1 aliphatic rings. The Balaban J connectivity index is 0.00000300. The van der Waals surface area contributed by atoms with Crippen LogP contribution in [0, 0.1) is 0 Å². The zero-order chi connectivity index (χ0) is 19.8. The third-order valence-corrected chi connectivity index (χ3v) is 4.97. The number of benzene rings is 2. The highest BCUT2D eigenvalue weighted by Crippen LogP contribution is 2.26. The molecule has 0 spiro atoms. The fourth-order valence-corrected chi connectivity index (χ4v) is 3.51. The van der Waals surface area contributed by atoms with Crippen molar-refractivity contribution in [3.63, 3.8) is 0 Å². The number of hydrogen-bond donors (Lipinski definition) is 2. The van der Waals surface area contributed by atoms with Crippen LogP contribution < -0.4 is 15.8 Å². The molecule has 2 aromatic rings. The molecule has 0 saturated carbocycles. The average molecular weight is 508 g/mol. The molecule has 1 saturated heterocycles. The van der Waals surface area contributed by atoms with Gasteiger partial charge in [-0.25, -0.2) is 0 Å². The number of hydrogen-bond acceptors (Lipinski definition) is 3. The molecule has 0 aromatic heterocycles. The molecule has 1 unspecified atom stereocenters. The first-order valence-electron chi connectivity index (χ1n) is 9.66. The first kappa shape index (κ1) is 23.0. The molecule has 29 heavy (non-hydrogen) atoms. The lowest BCUT2D eigenvalue weighted by Crippen LogP contribution is -2.40. The number of amides is 1. The summed E-state index contributed by atoms with van der Waals surface area (Å²) in [6.07, 6.45) is 2.03. The van der Waals surface area contributed by atoms with E-state index < -0.39 is 5.91 Å². The van der Waals surface area contributed by atoms with Gasteiger partial charge in [-0.15, -0.1) is 24.0 Å². The smallest absolute Gasteiger partial charge is 0.255 e. The maximum atomic E-state index is 10.8. The lowest BCUT2D eigenvalue weighted by Gasteiger charge is -2.22. The standard InChI is InChI=1S/C22H28N4O2.HI/c1-24-22(26-14-12-19(15-26)18-5-3-2-4-6-18)25-13-11-17-7-9-20(10-8-17)28-16-21(23)27;/h2-10,19H,11-16H2,1H3,(H2,23,27)(H,24,25);1H. The number of carbonyl (C=O) groups excluding carboxylic acids is 1. The summed E-state index contributed by atoms with van der Waals surface area (Å²) in [7, 11) is 1.84. The first-order valence-corrected chi connectivity index (χ1v) is 9.66. The summed E-state index contributed by atoms with van der Waals surface area (Å²) < 4.78 is 5.28. The van der Waals surface area contributed by atoms with Gasteiger partial charge in [0.15, 0.2) is 12.6 Å². The van der Waals surface area contributed by atoms with Gasteiger partial charge in [-0.05, 0) is 36.1 Å². The number of carbonyl (C=O) groups is 1. The number of likely N-dealkylation sites (tertiary alicyclic amines) is 1. The highest BCUT2D eigenvalue weighted by Gasteiger charge is 2.25. The maximum absolute atomic E-state index is 10.8. The lowest BCUT2D eigenvalue weighted by atomic mass is 9.99. The fourth-order valence-electron chi connectivity index (χ4n) is 3.51. The Morgan fingerprint density at radius 3 is 2.59 bits per heavy atom. The molecule has 1 aliphatic heterocycles. The van der Waals surface area contributed by atoms with Gasteiger partial charge in [-0.1, -0.05) is 42.5 Å². The molecule has 0 aliphatic carbocycles. The molecule has 1 atom stereocenters. The molecule has 3 rings (SSSR count). The highest BCUT2D eigenvalue weighted by atomic mass is 127. The Labute approximate surface area is 189 Å². The topological polar surface area (TPSA) is 80.0 Å². The highest BCUT2D eigenvalue weighted by molar-refractivity contribution is 14.0. The van der Waals surface area contributed by atoms with E-state index in [0.717, 1.165) is 38.4 Å². The zero-order valence-electron chi connectivity index (χ0n) is 16.7. The van der Waals surface area contributed by atoms with Crippen LogP contribution in [0.4, 0.5) is 0 Å². The summed E-state index contributed by atoms with van der Waals surface area (Å²) in [6, 6.07) is 18.4. The molecule has 2 aromatic carbocycles. The summed E-state index contributed by atoms with van der Waals surface area (Å²) >= 11 is 0.